The van der Waals surface area contributed by atoms with Gasteiger partial charge in [-0.3, -0.25) is 14.4 Å². The summed E-state index contributed by atoms with van der Waals surface area (Å²) in [6.45, 7) is 4.61. The first-order chi connectivity index (χ1) is 10.2. The van der Waals surface area contributed by atoms with E-state index in [1.54, 1.807) is 7.05 Å². The van der Waals surface area contributed by atoms with E-state index in [4.69, 9.17) is 4.74 Å². The minimum Gasteiger partial charge on any atom is -0.381 e. The highest BCUT2D eigenvalue weighted by molar-refractivity contribution is 5.75. The lowest BCUT2D eigenvalue weighted by Crippen LogP contribution is -2.37. The van der Waals surface area contributed by atoms with Crippen molar-refractivity contribution >= 4 is 5.91 Å². The number of aryl methyl sites for hydroxylation is 1. The molecular formula is C15H24N4O2. The topological polar surface area (TPSA) is 59.4 Å². The maximum Gasteiger partial charge on any atom is 0.220 e. The molecule has 116 valence electrons. The van der Waals surface area contributed by atoms with Gasteiger partial charge in [-0.1, -0.05) is 0 Å². The van der Waals surface area contributed by atoms with E-state index in [9.17, 15) is 4.79 Å². The van der Waals surface area contributed by atoms with E-state index in [0.29, 0.717) is 24.2 Å². The number of hydrogen-bond donors (Lipinski definition) is 1. The molecule has 1 aromatic heterocycles. The van der Waals surface area contributed by atoms with Crippen LogP contribution in [0.15, 0.2) is 12.4 Å². The molecule has 3 rings (SSSR count). The summed E-state index contributed by atoms with van der Waals surface area (Å²) in [7, 11) is 3.65. The van der Waals surface area contributed by atoms with Crippen LogP contribution in [0.25, 0.3) is 0 Å². The Bertz CT molecular complexity index is 502. The second kappa shape index (κ2) is 6.15. The predicted molar refractivity (Wildman–Crippen MR) is 78.5 cm³/mol. The molecule has 6 heteroatoms. The van der Waals surface area contributed by atoms with Crippen LogP contribution in [0.1, 0.15) is 12.0 Å². The molecule has 2 fully saturated rings. The van der Waals surface area contributed by atoms with Gasteiger partial charge in [-0.25, -0.2) is 0 Å². The first kappa shape index (κ1) is 14.5. The minimum atomic E-state index is 0.120. The highest BCUT2D eigenvalue weighted by Gasteiger charge is 2.41. The normalized spacial score (nSPS) is 29.3. The molecule has 2 aliphatic rings. The molecule has 0 aliphatic carbocycles. The van der Waals surface area contributed by atoms with Gasteiger partial charge in [0, 0.05) is 51.9 Å². The highest BCUT2D eigenvalue weighted by atomic mass is 16.5. The van der Waals surface area contributed by atoms with E-state index in [2.05, 4.69) is 21.5 Å². The number of rotatable bonds is 4. The highest BCUT2D eigenvalue weighted by Crippen LogP contribution is 2.36. The summed E-state index contributed by atoms with van der Waals surface area (Å²) in [5, 5.41) is 6.95. The zero-order valence-corrected chi connectivity index (χ0v) is 12.8. The maximum atomic E-state index is 11.7. The fourth-order valence-electron chi connectivity index (χ4n) is 3.68. The molecule has 0 spiro atoms. The third-order valence-electron chi connectivity index (χ3n) is 4.73. The average molecular weight is 292 g/mol. The molecule has 1 aromatic rings. The van der Waals surface area contributed by atoms with Gasteiger partial charge in [0.1, 0.15) is 0 Å². The van der Waals surface area contributed by atoms with E-state index < -0.39 is 0 Å². The van der Waals surface area contributed by atoms with Gasteiger partial charge >= 0.3 is 0 Å². The average Bonchev–Trinajstić information content (AvgIpc) is 3.05. The molecule has 0 unspecified atom stereocenters. The summed E-state index contributed by atoms with van der Waals surface area (Å²) < 4.78 is 7.56. The first-order valence-electron chi connectivity index (χ1n) is 7.64. The van der Waals surface area contributed by atoms with Crippen LogP contribution >= 0.6 is 0 Å². The van der Waals surface area contributed by atoms with Crippen LogP contribution in [0.4, 0.5) is 0 Å². The Morgan fingerprint density at radius 2 is 2.33 bits per heavy atom. The number of fused-ring (bicyclic) bond motifs is 1. The van der Waals surface area contributed by atoms with Gasteiger partial charge in [-0.2, -0.15) is 5.10 Å². The number of carbonyl (C=O) groups excluding carboxylic acids is 1. The third kappa shape index (κ3) is 3.27. The fraction of sp³-hybridized carbons (Fsp3) is 0.733. The van der Waals surface area contributed by atoms with Gasteiger partial charge < -0.3 is 10.1 Å². The van der Waals surface area contributed by atoms with Gasteiger partial charge in [0.25, 0.3) is 0 Å². The van der Waals surface area contributed by atoms with Crippen molar-refractivity contribution in [2.24, 2.45) is 24.8 Å². The van der Waals surface area contributed by atoms with Gasteiger partial charge in [0.05, 0.1) is 19.4 Å². The first-order valence-corrected chi connectivity index (χ1v) is 7.64. The number of aromatic nitrogens is 2. The zero-order valence-electron chi connectivity index (χ0n) is 12.8. The summed E-state index contributed by atoms with van der Waals surface area (Å²) in [5.41, 5.74) is 1.25. The lowest BCUT2D eigenvalue weighted by atomic mass is 9.81. The Labute approximate surface area is 125 Å². The lowest BCUT2D eigenvalue weighted by Gasteiger charge is -2.32. The number of nitrogens with one attached hydrogen (secondary N) is 1. The van der Waals surface area contributed by atoms with Gasteiger partial charge in [0.15, 0.2) is 0 Å². The number of ether oxygens (including phenoxy) is 1. The molecule has 1 N–H and O–H groups in total. The van der Waals surface area contributed by atoms with Gasteiger partial charge in [-0.05, 0) is 17.8 Å². The maximum absolute atomic E-state index is 11.7. The molecule has 6 nitrogen and oxygen atoms in total. The van der Waals surface area contributed by atoms with E-state index in [1.807, 2.05) is 17.9 Å². The molecule has 1 amide bonds. The molecular weight excluding hydrogens is 268 g/mol. The molecule has 0 bridgehead atoms. The van der Waals surface area contributed by atoms with E-state index in [-0.39, 0.29) is 5.91 Å². The quantitative estimate of drug-likeness (QED) is 0.864. The van der Waals surface area contributed by atoms with Crippen molar-refractivity contribution in [2.75, 3.05) is 33.4 Å². The largest absolute Gasteiger partial charge is 0.381 e. The standard InChI is InChI=1S/C15H24N4O2/c1-16-15(20)3-12-9-21-10-13-7-19(8-14(12)13)6-11-4-17-18(2)5-11/h4-5,12-14H,3,6-10H2,1-2H3,(H,16,20)/t12-,13-,14+/m1/s1. The fourth-order valence-corrected chi connectivity index (χ4v) is 3.68. The van der Waals surface area contributed by atoms with E-state index >= 15 is 0 Å². The SMILES string of the molecule is CNC(=O)C[C@@H]1COC[C@H]2CN(Cc3cnn(C)c3)C[C@@H]12. The van der Waals surface area contributed by atoms with Crippen molar-refractivity contribution < 1.29 is 9.53 Å². The Morgan fingerprint density at radius 1 is 1.48 bits per heavy atom. The third-order valence-corrected chi connectivity index (χ3v) is 4.73. The number of carbonyl (C=O) groups is 1. The molecule has 3 heterocycles. The summed E-state index contributed by atoms with van der Waals surface area (Å²) in [5.74, 6) is 1.61. The molecule has 0 radical (unpaired) electrons. The van der Waals surface area contributed by atoms with Crippen LogP contribution in [-0.2, 0) is 23.1 Å². The Hall–Kier alpha value is -1.40. The van der Waals surface area contributed by atoms with Crippen molar-refractivity contribution in [1.82, 2.24) is 20.0 Å². The van der Waals surface area contributed by atoms with Crippen LogP contribution in [-0.4, -0.2) is 53.9 Å². The van der Waals surface area contributed by atoms with Crippen LogP contribution in [0.3, 0.4) is 0 Å². The Morgan fingerprint density at radius 3 is 3.05 bits per heavy atom. The number of nitrogens with zero attached hydrogens (tertiary/aromatic N) is 3. The zero-order chi connectivity index (χ0) is 14.8. The smallest absolute Gasteiger partial charge is 0.220 e. The van der Waals surface area contributed by atoms with Crippen LogP contribution in [0.5, 0.6) is 0 Å². The van der Waals surface area contributed by atoms with Crippen molar-refractivity contribution in [1.29, 1.82) is 0 Å². The summed E-state index contributed by atoms with van der Waals surface area (Å²) >= 11 is 0. The van der Waals surface area contributed by atoms with Crippen molar-refractivity contribution in [3.8, 4) is 0 Å². The van der Waals surface area contributed by atoms with Crippen molar-refractivity contribution in [3.63, 3.8) is 0 Å². The van der Waals surface area contributed by atoms with E-state index in [0.717, 1.165) is 32.8 Å². The summed E-state index contributed by atoms with van der Waals surface area (Å²) in [6.07, 6.45) is 4.58. The Kier molecular flexibility index (Phi) is 4.26. The summed E-state index contributed by atoms with van der Waals surface area (Å²) in [6, 6.07) is 0. The predicted octanol–water partition coefficient (Wildman–Crippen LogP) is 0.251. The lowest BCUT2D eigenvalue weighted by molar-refractivity contribution is -0.124. The van der Waals surface area contributed by atoms with Gasteiger partial charge in [0.2, 0.25) is 5.91 Å². The van der Waals surface area contributed by atoms with Crippen LogP contribution < -0.4 is 5.32 Å². The molecule has 21 heavy (non-hydrogen) atoms. The second-order valence-electron chi connectivity index (χ2n) is 6.32. The van der Waals surface area contributed by atoms with Crippen molar-refractivity contribution in [3.05, 3.63) is 18.0 Å². The minimum absolute atomic E-state index is 0.120. The molecule has 2 aliphatic heterocycles. The molecule has 3 atom stereocenters. The van der Waals surface area contributed by atoms with E-state index in [1.165, 1.54) is 5.56 Å². The number of amides is 1. The molecule has 2 saturated heterocycles. The van der Waals surface area contributed by atoms with Crippen molar-refractivity contribution in [2.45, 2.75) is 13.0 Å². The van der Waals surface area contributed by atoms with Gasteiger partial charge in [-0.15, -0.1) is 0 Å². The Balaban J connectivity index is 1.61. The van der Waals surface area contributed by atoms with Crippen LogP contribution in [0, 0.1) is 17.8 Å². The summed E-state index contributed by atoms with van der Waals surface area (Å²) in [4.78, 5) is 14.1. The molecule has 0 aromatic carbocycles. The van der Waals surface area contributed by atoms with Crippen LogP contribution in [0.2, 0.25) is 0 Å². The number of hydrogen-bond acceptors (Lipinski definition) is 4. The molecule has 0 saturated carbocycles. The number of likely N-dealkylation sites (tertiary alicyclic amines) is 1. The second-order valence-corrected chi connectivity index (χ2v) is 6.32. The monoisotopic (exact) mass is 292 g/mol.